The van der Waals surface area contributed by atoms with Crippen molar-refractivity contribution in [2.75, 3.05) is 0 Å². The van der Waals surface area contributed by atoms with E-state index in [-0.39, 0.29) is 6.54 Å². The number of fused-ring (bicyclic) bond motifs is 2. The van der Waals surface area contributed by atoms with Gasteiger partial charge in [0.25, 0.3) is 11.8 Å². The number of benzene rings is 2. The smallest absolute Gasteiger partial charge is 0.255 e. The lowest BCUT2D eigenvalue weighted by Crippen LogP contribution is -2.49. The van der Waals surface area contributed by atoms with Gasteiger partial charge in [-0.3, -0.25) is 9.59 Å². The number of imidazole rings is 1. The molecule has 3 heterocycles. The van der Waals surface area contributed by atoms with E-state index in [4.69, 9.17) is 0 Å². The van der Waals surface area contributed by atoms with Gasteiger partial charge in [0.1, 0.15) is 5.82 Å². The number of aromatic nitrogens is 2. The maximum Gasteiger partial charge on any atom is 0.255 e. The summed E-state index contributed by atoms with van der Waals surface area (Å²) in [4.78, 5) is 32.2. The van der Waals surface area contributed by atoms with Crippen molar-refractivity contribution in [2.24, 2.45) is 0 Å². The van der Waals surface area contributed by atoms with E-state index in [0.717, 1.165) is 38.4 Å². The Labute approximate surface area is 206 Å². The first kappa shape index (κ1) is 23.2. The van der Waals surface area contributed by atoms with Gasteiger partial charge < -0.3 is 25.0 Å². The zero-order chi connectivity index (χ0) is 24.5. The van der Waals surface area contributed by atoms with Gasteiger partial charge in [0.15, 0.2) is 12.2 Å². The molecule has 9 heteroatoms. The summed E-state index contributed by atoms with van der Waals surface area (Å²) < 4.78 is 2.14. The number of hydrogen-bond donors (Lipinski definition) is 3. The van der Waals surface area contributed by atoms with Crippen LogP contribution in [0.3, 0.4) is 0 Å². The van der Waals surface area contributed by atoms with Gasteiger partial charge in [0, 0.05) is 24.5 Å². The first-order chi connectivity index (χ1) is 16.9. The number of rotatable bonds is 7. The van der Waals surface area contributed by atoms with Gasteiger partial charge in [-0.25, -0.2) is 4.98 Å². The fourth-order valence-corrected chi connectivity index (χ4v) is 5.28. The Balaban J connectivity index is 1.16. The molecule has 0 fully saturated rings. The average molecular weight is 491 g/mol. The number of hydrogen-bond acceptors (Lipinski definition) is 6. The second-order valence-electron chi connectivity index (χ2n) is 8.73. The molecule has 8 nitrogen and oxygen atoms in total. The number of thiophene rings is 1. The molecular formula is C26H26N4O4S. The van der Waals surface area contributed by atoms with Crippen molar-refractivity contribution >= 4 is 34.2 Å². The summed E-state index contributed by atoms with van der Waals surface area (Å²) in [5, 5.41) is 25.2. The lowest BCUT2D eigenvalue weighted by atomic mass is 10.1. The number of carbonyl (C=O) groups excluding carboxylic acids is 2. The van der Waals surface area contributed by atoms with E-state index in [0.29, 0.717) is 19.6 Å². The van der Waals surface area contributed by atoms with Crippen molar-refractivity contribution < 1.29 is 19.8 Å². The summed E-state index contributed by atoms with van der Waals surface area (Å²) in [6, 6.07) is 17.6. The number of aliphatic hydroxyl groups is 2. The number of amides is 2. The quantitative estimate of drug-likeness (QED) is 0.369. The van der Waals surface area contributed by atoms with Crippen LogP contribution >= 0.6 is 11.3 Å². The van der Waals surface area contributed by atoms with Crippen LogP contribution in [0.1, 0.15) is 27.4 Å². The molecule has 4 aromatic rings. The van der Waals surface area contributed by atoms with Crippen molar-refractivity contribution in [1.82, 2.24) is 19.8 Å². The summed E-state index contributed by atoms with van der Waals surface area (Å²) in [6.45, 7) is 3.53. The Kier molecular flexibility index (Phi) is 6.38. The number of para-hydroxylation sites is 2. The molecule has 0 spiro atoms. The molecule has 2 aromatic carbocycles. The molecule has 0 saturated heterocycles. The molecule has 1 aliphatic rings. The molecule has 0 saturated carbocycles. The van der Waals surface area contributed by atoms with Crippen LogP contribution in [0.15, 0.2) is 60.0 Å². The minimum atomic E-state index is -1.84. The van der Waals surface area contributed by atoms with E-state index in [1.807, 2.05) is 66.9 Å². The Morgan fingerprint density at radius 3 is 2.49 bits per heavy atom. The van der Waals surface area contributed by atoms with Crippen LogP contribution in [0.2, 0.25) is 0 Å². The van der Waals surface area contributed by atoms with Crippen molar-refractivity contribution in [2.45, 2.75) is 45.3 Å². The van der Waals surface area contributed by atoms with Gasteiger partial charge in [-0.1, -0.05) is 36.4 Å². The van der Waals surface area contributed by atoms with E-state index in [9.17, 15) is 19.8 Å². The van der Waals surface area contributed by atoms with Crippen LogP contribution in [-0.2, 0) is 35.8 Å². The summed E-state index contributed by atoms with van der Waals surface area (Å²) >= 11 is 1.57. The van der Waals surface area contributed by atoms with Gasteiger partial charge >= 0.3 is 0 Å². The van der Waals surface area contributed by atoms with Gasteiger partial charge in [-0.2, -0.15) is 0 Å². The third-order valence-electron chi connectivity index (χ3n) is 6.31. The highest BCUT2D eigenvalue weighted by atomic mass is 32.1. The highest BCUT2D eigenvalue weighted by molar-refractivity contribution is 7.10. The van der Waals surface area contributed by atoms with Crippen LogP contribution in [0, 0.1) is 6.92 Å². The van der Waals surface area contributed by atoms with Crippen molar-refractivity contribution in [3.8, 4) is 0 Å². The fraction of sp³-hybridized carbons (Fsp3) is 0.269. The summed E-state index contributed by atoms with van der Waals surface area (Å²) in [7, 11) is 0. The number of aliphatic hydroxyl groups excluding tert-OH is 2. The van der Waals surface area contributed by atoms with Crippen LogP contribution < -0.4 is 5.32 Å². The normalized spacial score (nSPS) is 14.7. The van der Waals surface area contributed by atoms with Crippen LogP contribution in [0.25, 0.3) is 11.0 Å². The van der Waals surface area contributed by atoms with E-state index >= 15 is 0 Å². The lowest BCUT2D eigenvalue weighted by molar-refractivity contribution is -0.153. The number of nitrogens with one attached hydrogen (secondary N) is 1. The molecule has 1 unspecified atom stereocenters. The summed E-state index contributed by atoms with van der Waals surface area (Å²) in [5.74, 6) is -0.520. The van der Waals surface area contributed by atoms with E-state index in [1.165, 1.54) is 4.90 Å². The average Bonchev–Trinajstić information content (AvgIpc) is 3.58. The van der Waals surface area contributed by atoms with Crippen molar-refractivity contribution in [1.29, 1.82) is 0 Å². The zero-order valence-corrected chi connectivity index (χ0v) is 20.0. The maximum absolute atomic E-state index is 12.6. The van der Waals surface area contributed by atoms with Crippen molar-refractivity contribution in [3.05, 3.63) is 87.4 Å². The van der Waals surface area contributed by atoms with Crippen molar-refractivity contribution in [3.63, 3.8) is 0 Å². The molecule has 180 valence electrons. The fourth-order valence-electron chi connectivity index (χ4n) is 4.40. The highest BCUT2D eigenvalue weighted by Gasteiger charge is 2.35. The Hall–Kier alpha value is -3.53. The largest absolute Gasteiger partial charge is 0.380 e. The lowest BCUT2D eigenvalue weighted by Gasteiger charge is -2.22. The number of aryl methyl sites for hydroxylation is 1. The second kappa shape index (κ2) is 9.61. The minimum absolute atomic E-state index is 0.187. The van der Waals surface area contributed by atoms with Gasteiger partial charge in [0.2, 0.25) is 0 Å². The number of carbonyl (C=O) groups is 2. The molecule has 35 heavy (non-hydrogen) atoms. The summed E-state index contributed by atoms with van der Waals surface area (Å²) in [6.07, 6.45) is -3.66. The first-order valence-electron chi connectivity index (χ1n) is 11.4. The third kappa shape index (κ3) is 4.70. The minimum Gasteiger partial charge on any atom is -0.380 e. The maximum atomic E-state index is 12.6. The molecule has 0 radical (unpaired) electrons. The molecule has 1 aliphatic heterocycles. The predicted octanol–water partition coefficient (Wildman–Crippen LogP) is 2.33. The standard InChI is InChI=1S/C26H26N4O4S/c1-16-28-21-8-4-5-9-22(21)30(16)14-20-10-17(15-35-20)11-27-25(33)23(31)24(32)26(34)29-12-18-6-2-3-7-19(18)13-29/h2-10,15,23-24,31-32H,11-14H2,1H3,(H,27,33)/t23-,24?/m1/s1. The molecule has 2 aromatic heterocycles. The Morgan fingerprint density at radius 2 is 1.74 bits per heavy atom. The highest BCUT2D eigenvalue weighted by Crippen LogP contribution is 2.24. The van der Waals surface area contributed by atoms with Gasteiger partial charge in [-0.05, 0) is 47.2 Å². The second-order valence-corrected chi connectivity index (χ2v) is 9.72. The van der Waals surface area contributed by atoms with E-state index in [2.05, 4.69) is 14.9 Å². The topological polar surface area (TPSA) is 108 Å². The Morgan fingerprint density at radius 1 is 1.06 bits per heavy atom. The SMILES string of the molecule is Cc1nc2ccccc2n1Cc1cc(CNC(=O)[C@H](O)C(O)C(=O)N2Cc3ccccc3C2)cs1. The molecule has 3 N–H and O–H groups in total. The Bertz CT molecular complexity index is 1370. The molecular weight excluding hydrogens is 464 g/mol. The molecule has 2 atom stereocenters. The number of nitrogens with zero attached hydrogens (tertiary/aromatic N) is 3. The van der Waals surface area contributed by atoms with Gasteiger partial charge in [0.05, 0.1) is 17.6 Å². The first-order valence-corrected chi connectivity index (χ1v) is 12.3. The third-order valence-corrected chi connectivity index (χ3v) is 7.28. The predicted molar refractivity (Wildman–Crippen MR) is 132 cm³/mol. The summed E-state index contributed by atoms with van der Waals surface area (Å²) in [5.41, 5.74) is 4.90. The molecule has 0 aliphatic carbocycles. The monoisotopic (exact) mass is 490 g/mol. The molecule has 0 bridgehead atoms. The van der Waals surface area contributed by atoms with Crippen LogP contribution in [0.4, 0.5) is 0 Å². The molecule has 2 amide bonds. The van der Waals surface area contributed by atoms with E-state index < -0.39 is 24.0 Å². The van der Waals surface area contributed by atoms with Gasteiger partial charge in [-0.15, -0.1) is 11.3 Å². The molecule has 5 rings (SSSR count). The van der Waals surface area contributed by atoms with E-state index in [1.54, 1.807) is 11.3 Å². The van der Waals surface area contributed by atoms with Crippen LogP contribution in [0.5, 0.6) is 0 Å². The van der Waals surface area contributed by atoms with Crippen LogP contribution in [-0.4, -0.2) is 48.7 Å². The zero-order valence-electron chi connectivity index (χ0n) is 19.2.